The van der Waals surface area contributed by atoms with Crippen LogP contribution in [0.5, 0.6) is 0 Å². The molecule has 3 aliphatic heterocycles. The van der Waals surface area contributed by atoms with E-state index in [-0.39, 0.29) is 12.1 Å². The van der Waals surface area contributed by atoms with Gasteiger partial charge in [-0.25, -0.2) is 0 Å². The van der Waals surface area contributed by atoms with Crippen LogP contribution in [0.2, 0.25) is 0 Å². The zero-order chi connectivity index (χ0) is 20.4. The van der Waals surface area contributed by atoms with E-state index < -0.39 is 5.91 Å². The summed E-state index contributed by atoms with van der Waals surface area (Å²) in [4.78, 5) is 15.5. The predicted molar refractivity (Wildman–Crippen MR) is 111 cm³/mol. The number of hydrogen-bond donors (Lipinski definition) is 0. The molecule has 0 N–H and O–H groups in total. The molecule has 2 aromatic rings. The summed E-state index contributed by atoms with van der Waals surface area (Å²) in [5, 5.41) is 0. The van der Waals surface area contributed by atoms with Crippen molar-refractivity contribution in [2.45, 2.75) is 37.9 Å². The van der Waals surface area contributed by atoms with Crippen LogP contribution in [-0.4, -0.2) is 45.0 Å². The zero-order valence-electron chi connectivity index (χ0n) is 17.0. The van der Waals surface area contributed by atoms with Gasteiger partial charge in [0.15, 0.2) is 12.1 Å². The topological polar surface area (TPSA) is 57.2 Å². The molecule has 5 rings (SSSR count). The molecule has 2 aromatic carbocycles. The van der Waals surface area contributed by atoms with Crippen LogP contribution in [0.15, 0.2) is 48.5 Å². The quantitative estimate of drug-likeness (QED) is 0.700. The summed E-state index contributed by atoms with van der Waals surface area (Å²) >= 11 is 0. The summed E-state index contributed by atoms with van der Waals surface area (Å²) in [6.45, 7) is 2.94. The molecular weight excluding hydrogens is 382 g/mol. The third kappa shape index (κ3) is 3.44. The van der Waals surface area contributed by atoms with Gasteiger partial charge in [-0.05, 0) is 37.8 Å². The Morgan fingerprint density at radius 2 is 1.73 bits per heavy atom. The molecule has 3 aliphatic rings. The summed E-state index contributed by atoms with van der Waals surface area (Å²) in [7, 11) is 0. The van der Waals surface area contributed by atoms with Crippen molar-refractivity contribution in [1.82, 2.24) is 0 Å². The van der Waals surface area contributed by atoms with Gasteiger partial charge in [-0.15, -0.1) is 0 Å². The monoisotopic (exact) mass is 409 g/mol. The van der Waals surface area contributed by atoms with Crippen LogP contribution in [0.1, 0.15) is 47.2 Å². The largest absolute Gasteiger partial charge is 0.353 e. The number of nitrogens with zero attached hydrogens (tertiary/aromatic N) is 1. The first-order chi connectivity index (χ1) is 14.8. The van der Waals surface area contributed by atoms with E-state index in [1.165, 1.54) is 0 Å². The van der Waals surface area contributed by atoms with Crippen LogP contribution < -0.4 is 4.90 Å². The number of hydrogen-bond acceptors (Lipinski definition) is 6. The van der Waals surface area contributed by atoms with E-state index in [1.807, 2.05) is 48.5 Å². The highest BCUT2D eigenvalue weighted by Crippen LogP contribution is 2.44. The molecule has 2 fully saturated rings. The Morgan fingerprint density at radius 1 is 0.967 bits per heavy atom. The van der Waals surface area contributed by atoms with Gasteiger partial charge in [0.1, 0.15) is 0 Å². The second kappa shape index (κ2) is 8.47. The van der Waals surface area contributed by atoms with Crippen molar-refractivity contribution in [2.24, 2.45) is 0 Å². The van der Waals surface area contributed by atoms with Gasteiger partial charge in [0.2, 0.25) is 0 Å². The Labute approximate surface area is 176 Å². The number of ether oxygens (including phenoxy) is 4. The number of anilines is 1. The van der Waals surface area contributed by atoms with Crippen LogP contribution in [0.25, 0.3) is 0 Å². The van der Waals surface area contributed by atoms with Gasteiger partial charge in [0.05, 0.1) is 25.5 Å². The van der Waals surface area contributed by atoms with E-state index >= 15 is 0 Å². The van der Waals surface area contributed by atoms with Gasteiger partial charge in [0, 0.05) is 29.8 Å². The number of carbonyl (C=O) groups excluding carboxylic acids is 1. The maximum absolute atomic E-state index is 13.4. The van der Waals surface area contributed by atoms with Crippen LogP contribution in [-0.2, 0) is 24.9 Å². The van der Waals surface area contributed by atoms with Gasteiger partial charge in [-0.2, -0.15) is 0 Å². The van der Waals surface area contributed by atoms with Crippen LogP contribution in [0, 0.1) is 0 Å². The molecule has 0 amide bonds. The van der Waals surface area contributed by atoms with E-state index in [9.17, 15) is 4.79 Å². The number of benzene rings is 2. The molecule has 0 bridgehead atoms. The first kappa shape index (κ1) is 19.7. The highest BCUT2D eigenvalue weighted by molar-refractivity contribution is 6.14. The van der Waals surface area contributed by atoms with E-state index in [1.54, 1.807) is 0 Å². The molecule has 6 heteroatoms. The van der Waals surface area contributed by atoms with Crippen molar-refractivity contribution in [3.8, 4) is 0 Å². The third-order valence-corrected chi connectivity index (χ3v) is 5.95. The lowest BCUT2D eigenvalue weighted by atomic mass is 9.98. The highest BCUT2D eigenvalue weighted by Gasteiger charge is 2.49. The smallest absolute Gasteiger partial charge is 0.281 e. The van der Waals surface area contributed by atoms with Crippen LogP contribution >= 0.6 is 0 Å². The molecule has 1 spiro atoms. The van der Waals surface area contributed by atoms with E-state index in [0.717, 1.165) is 43.5 Å². The van der Waals surface area contributed by atoms with Crippen molar-refractivity contribution in [1.29, 1.82) is 0 Å². The van der Waals surface area contributed by atoms with E-state index in [4.69, 9.17) is 18.9 Å². The molecule has 0 radical (unpaired) electrons. The molecule has 0 aliphatic carbocycles. The molecule has 158 valence electrons. The molecule has 3 heterocycles. The average molecular weight is 409 g/mol. The minimum atomic E-state index is -1.10. The summed E-state index contributed by atoms with van der Waals surface area (Å²) < 4.78 is 24.1. The van der Waals surface area contributed by atoms with Crippen molar-refractivity contribution in [2.75, 3.05) is 37.9 Å². The summed E-state index contributed by atoms with van der Waals surface area (Å²) in [5.74, 6) is -1.10. The SMILES string of the molecule is O=C1c2ccccc2N(CCCOC2CCCCO2)C2(OCCO2)c2ccccc21. The number of para-hydroxylation sites is 1. The number of carbonyl (C=O) groups is 1. The molecule has 30 heavy (non-hydrogen) atoms. The molecular formula is C24H27NO5. The first-order valence-electron chi connectivity index (χ1n) is 10.8. The van der Waals surface area contributed by atoms with E-state index in [2.05, 4.69) is 4.90 Å². The summed E-state index contributed by atoms with van der Waals surface area (Å²) in [6.07, 6.45) is 3.86. The molecule has 0 aromatic heterocycles. The Bertz CT molecular complexity index is 902. The van der Waals surface area contributed by atoms with Gasteiger partial charge in [-0.3, -0.25) is 4.79 Å². The fourth-order valence-electron chi connectivity index (χ4n) is 4.57. The van der Waals surface area contributed by atoms with Crippen LogP contribution in [0.4, 0.5) is 5.69 Å². The minimum absolute atomic E-state index is 0.00553. The zero-order valence-corrected chi connectivity index (χ0v) is 17.0. The lowest BCUT2D eigenvalue weighted by Gasteiger charge is -2.40. The number of fused-ring (bicyclic) bond motifs is 3. The number of rotatable bonds is 5. The standard InChI is InChI=1S/C24H27NO5/c26-23-18-8-1-3-10-20(18)24(29-16-17-30-24)25(21-11-4-2-9-19(21)23)13-7-15-28-22-12-5-6-14-27-22/h1-4,8-11,22H,5-7,12-17H2. The predicted octanol–water partition coefficient (Wildman–Crippen LogP) is 3.83. The molecule has 2 saturated heterocycles. The van der Waals surface area contributed by atoms with Crippen molar-refractivity contribution < 1.29 is 23.7 Å². The fourth-order valence-corrected chi connectivity index (χ4v) is 4.57. The molecule has 1 unspecified atom stereocenters. The second-order valence-corrected chi connectivity index (χ2v) is 7.84. The third-order valence-electron chi connectivity index (χ3n) is 5.95. The maximum Gasteiger partial charge on any atom is 0.281 e. The normalized spacial score (nSPS) is 22.6. The average Bonchev–Trinajstić information content (AvgIpc) is 3.27. The summed E-state index contributed by atoms with van der Waals surface area (Å²) in [5.41, 5.74) is 2.88. The maximum atomic E-state index is 13.4. The molecule has 0 saturated carbocycles. The highest BCUT2D eigenvalue weighted by atomic mass is 16.8. The van der Waals surface area contributed by atoms with Crippen LogP contribution in [0.3, 0.4) is 0 Å². The molecule has 6 nitrogen and oxygen atoms in total. The van der Waals surface area contributed by atoms with Gasteiger partial charge in [-0.1, -0.05) is 36.4 Å². The van der Waals surface area contributed by atoms with Gasteiger partial charge >= 0.3 is 0 Å². The Morgan fingerprint density at radius 3 is 2.53 bits per heavy atom. The fraction of sp³-hybridized carbons (Fsp3) is 0.458. The summed E-state index contributed by atoms with van der Waals surface area (Å²) in [6, 6.07) is 15.3. The first-order valence-corrected chi connectivity index (χ1v) is 10.8. The second-order valence-electron chi connectivity index (χ2n) is 7.84. The Balaban J connectivity index is 1.46. The molecule has 1 atom stereocenters. The van der Waals surface area contributed by atoms with Crippen molar-refractivity contribution in [3.63, 3.8) is 0 Å². The Kier molecular flexibility index (Phi) is 5.56. The lowest BCUT2D eigenvalue weighted by molar-refractivity contribution is -0.171. The number of ketones is 1. The lowest BCUT2D eigenvalue weighted by Crippen LogP contribution is -2.48. The van der Waals surface area contributed by atoms with Gasteiger partial charge in [0.25, 0.3) is 5.91 Å². The Hall–Kier alpha value is -2.25. The minimum Gasteiger partial charge on any atom is -0.353 e. The van der Waals surface area contributed by atoms with Crippen molar-refractivity contribution in [3.05, 3.63) is 65.2 Å². The van der Waals surface area contributed by atoms with E-state index in [0.29, 0.717) is 37.5 Å². The van der Waals surface area contributed by atoms with Crippen molar-refractivity contribution >= 4 is 11.5 Å². The van der Waals surface area contributed by atoms with Gasteiger partial charge < -0.3 is 23.8 Å².